The number of benzene rings is 1. The third-order valence-corrected chi connectivity index (χ3v) is 3.51. The van der Waals surface area contributed by atoms with Crippen LogP contribution in [-0.4, -0.2) is 24.0 Å². The van der Waals surface area contributed by atoms with Gasteiger partial charge >= 0.3 is 0 Å². The summed E-state index contributed by atoms with van der Waals surface area (Å²) in [5.74, 6) is -2.43. The van der Waals surface area contributed by atoms with Gasteiger partial charge in [0, 0.05) is 36.7 Å². The molecule has 0 fully saturated rings. The number of rotatable bonds is 7. The number of carbonyl (C=O) groups is 1. The number of hydrogen-bond acceptors (Lipinski definition) is 3. The number of amides is 1. The molecule has 128 valence electrons. The van der Waals surface area contributed by atoms with Crippen molar-refractivity contribution in [2.45, 2.75) is 26.7 Å². The van der Waals surface area contributed by atoms with Crippen molar-refractivity contribution >= 4 is 17.3 Å². The summed E-state index contributed by atoms with van der Waals surface area (Å²) in [6, 6.07) is 6.79. The second-order valence-corrected chi connectivity index (χ2v) is 5.47. The summed E-state index contributed by atoms with van der Waals surface area (Å²) < 4.78 is 26.2. The van der Waals surface area contributed by atoms with Gasteiger partial charge in [-0.1, -0.05) is 13.8 Å². The van der Waals surface area contributed by atoms with Crippen molar-refractivity contribution < 1.29 is 13.6 Å². The Kier molecular flexibility index (Phi) is 6.23. The molecule has 0 unspecified atom stereocenters. The van der Waals surface area contributed by atoms with Gasteiger partial charge in [-0.25, -0.2) is 8.78 Å². The van der Waals surface area contributed by atoms with Gasteiger partial charge in [-0.05, 0) is 37.1 Å². The molecule has 1 amide bonds. The van der Waals surface area contributed by atoms with E-state index in [1.165, 1.54) is 6.07 Å². The molecule has 0 aliphatic rings. The molecular weight excluding hydrogens is 312 g/mol. The zero-order valence-corrected chi connectivity index (χ0v) is 13.9. The van der Waals surface area contributed by atoms with Crippen molar-refractivity contribution in [2.24, 2.45) is 0 Å². The molecular formula is C18H21F2N3O. The van der Waals surface area contributed by atoms with Gasteiger partial charge in [-0.15, -0.1) is 0 Å². The largest absolute Gasteiger partial charge is 0.371 e. The summed E-state index contributed by atoms with van der Waals surface area (Å²) in [5, 5.41) is 2.53. The highest BCUT2D eigenvalue weighted by Gasteiger charge is 2.12. The molecule has 0 saturated heterocycles. The number of anilines is 2. The highest BCUT2D eigenvalue weighted by molar-refractivity contribution is 6.03. The maximum atomic E-state index is 13.2. The van der Waals surface area contributed by atoms with Crippen molar-refractivity contribution in [3.8, 4) is 0 Å². The van der Waals surface area contributed by atoms with Gasteiger partial charge in [0.1, 0.15) is 5.69 Å². The molecule has 0 atom stereocenters. The van der Waals surface area contributed by atoms with Crippen LogP contribution in [0, 0.1) is 11.6 Å². The minimum atomic E-state index is -1.01. The van der Waals surface area contributed by atoms with Crippen LogP contribution in [0.3, 0.4) is 0 Å². The standard InChI is InChI=1S/C18H21F2N3O/c1-3-9-23(10-4-2)14-7-8-21-17(12-14)18(24)22-13-5-6-15(19)16(20)11-13/h5-8,11-12H,3-4,9-10H2,1-2H3,(H,22,24). The number of hydrogen-bond donors (Lipinski definition) is 1. The molecule has 0 bridgehead atoms. The molecule has 6 heteroatoms. The van der Waals surface area contributed by atoms with Crippen LogP contribution in [0.25, 0.3) is 0 Å². The molecule has 0 radical (unpaired) electrons. The number of pyridine rings is 1. The zero-order chi connectivity index (χ0) is 17.5. The Morgan fingerprint density at radius 3 is 2.42 bits per heavy atom. The second-order valence-electron chi connectivity index (χ2n) is 5.47. The molecule has 1 aromatic heterocycles. The van der Waals surface area contributed by atoms with Gasteiger partial charge in [0.05, 0.1) is 0 Å². The summed E-state index contributed by atoms with van der Waals surface area (Å²) in [6.07, 6.45) is 3.57. The molecule has 2 rings (SSSR count). The predicted octanol–water partition coefficient (Wildman–Crippen LogP) is 4.24. The Morgan fingerprint density at radius 1 is 1.08 bits per heavy atom. The van der Waals surface area contributed by atoms with Crippen molar-refractivity contribution in [2.75, 3.05) is 23.3 Å². The summed E-state index contributed by atoms with van der Waals surface area (Å²) in [4.78, 5) is 18.6. The van der Waals surface area contributed by atoms with Gasteiger partial charge in [0.25, 0.3) is 5.91 Å². The molecule has 1 aromatic carbocycles. The molecule has 0 aliphatic carbocycles. The Bertz CT molecular complexity index is 700. The van der Waals surface area contributed by atoms with Gasteiger partial charge in [0.15, 0.2) is 11.6 Å². The Hall–Kier alpha value is -2.50. The molecule has 24 heavy (non-hydrogen) atoms. The summed E-state index contributed by atoms with van der Waals surface area (Å²) >= 11 is 0. The number of halogens is 2. The van der Waals surface area contributed by atoms with Crippen LogP contribution in [0.1, 0.15) is 37.2 Å². The first kappa shape index (κ1) is 17.8. The van der Waals surface area contributed by atoms with E-state index in [-0.39, 0.29) is 11.4 Å². The smallest absolute Gasteiger partial charge is 0.274 e. The van der Waals surface area contributed by atoms with Gasteiger partial charge in [0.2, 0.25) is 0 Å². The lowest BCUT2D eigenvalue weighted by Crippen LogP contribution is -2.25. The summed E-state index contributed by atoms with van der Waals surface area (Å²) in [7, 11) is 0. The van der Waals surface area contributed by atoms with Crippen molar-refractivity contribution in [3.63, 3.8) is 0 Å². The number of nitrogens with one attached hydrogen (secondary N) is 1. The first-order valence-corrected chi connectivity index (χ1v) is 8.02. The van der Waals surface area contributed by atoms with Crippen molar-refractivity contribution in [1.29, 1.82) is 0 Å². The molecule has 0 aliphatic heterocycles. The van der Waals surface area contributed by atoms with Crippen LogP contribution < -0.4 is 10.2 Å². The SMILES string of the molecule is CCCN(CCC)c1ccnc(C(=O)Nc2ccc(F)c(F)c2)c1. The molecule has 0 spiro atoms. The van der Waals surface area contributed by atoms with E-state index in [9.17, 15) is 13.6 Å². The van der Waals surface area contributed by atoms with Crippen LogP contribution >= 0.6 is 0 Å². The Labute approximate surface area is 140 Å². The van der Waals surface area contributed by atoms with E-state index in [2.05, 4.69) is 29.0 Å². The average molecular weight is 333 g/mol. The summed E-state index contributed by atoms with van der Waals surface area (Å²) in [6.45, 7) is 5.98. The minimum absolute atomic E-state index is 0.185. The number of carbonyl (C=O) groups excluding carboxylic acids is 1. The van der Waals surface area contributed by atoms with Crippen LogP contribution in [0.2, 0.25) is 0 Å². The maximum absolute atomic E-state index is 13.2. The van der Waals surface area contributed by atoms with Gasteiger partial charge in [-0.3, -0.25) is 9.78 Å². The normalized spacial score (nSPS) is 10.5. The topological polar surface area (TPSA) is 45.2 Å². The lowest BCUT2D eigenvalue weighted by atomic mass is 10.2. The van der Waals surface area contributed by atoms with E-state index in [1.807, 2.05) is 6.07 Å². The van der Waals surface area contributed by atoms with Crippen molar-refractivity contribution in [1.82, 2.24) is 4.98 Å². The fourth-order valence-corrected chi connectivity index (χ4v) is 2.42. The first-order valence-electron chi connectivity index (χ1n) is 8.02. The van der Waals surface area contributed by atoms with E-state index >= 15 is 0 Å². The van der Waals surface area contributed by atoms with E-state index in [0.29, 0.717) is 0 Å². The van der Waals surface area contributed by atoms with E-state index in [4.69, 9.17) is 0 Å². The maximum Gasteiger partial charge on any atom is 0.274 e. The average Bonchev–Trinajstić information content (AvgIpc) is 2.58. The quantitative estimate of drug-likeness (QED) is 0.824. The van der Waals surface area contributed by atoms with Gasteiger partial charge < -0.3 is 10.2 Å². The molecule has 2 aromatic rings. The van der Waals surface area contributed by atoms with E-state index < -0.39 is 17.5 Å². The Balaban J connectivity index is 2.17. The van der Waals surface area contributed by atoms with Crippen molar-refractivity contribution in [3.05, 3.63) is 53.9 Å². The third kappa shape index (κ3) is 4.50. The van der Waals surface area contributed by atoms with Crippen LogP contribution in [0.4, 0.5) is 20.2 Å². The number of nitrogens with zero attached hydrogens (tertiary/aromatic N) is 2. The fourth-order valence-electron chi connectivity index (χ4n) is 2.42. The van der Waals surface area contributed by atoms with Crippen LogP contribution in [0.5, 0.6) is 0 Å². The first-order chi connectivity index (χ1) is 11.5. The fraction of sp³-hybridized carbons (Fsp3) is 0.333. The molecule has 1 N–H and O–H groups in total. The van der Waals surface area contributed by atoms with E-state index in [1.54, 1.807) is 12.3 Å². The predicted molar refractivity (Wildman–Crippen MR) is 91.3 cm³/mol. The Morgan fingerprint density at radius 2 is 1.79 bits per heavy atom. The lowest BCUT2D eigenvalue weighted by Gasteiger charge is -2.23. The number of aromatic nitrogens is 1. The third-order valence-electron chi connectivity index (χ3n) is 3.51. The zero-order valence-electron chi connectivity index (χ0n) is 13.9. The second kappa shape index (κ2) is 8.38. The highest BCUT2D eigenvalue weighted by Crippen LogP contribution is 2.18. The van der Waals surface area contributed by atoms with E-state index in [0.717, 1.165) is 43.8 Å². The summed E-state index contributed by atoms with van der Waals surface area (Å²) in [5.41, 5.74) is 1.34. The molecule has 4 nitrogen and oxygen atoms in total. The monoisotopic (exact) mass is 333 g/mol. The lowest BCUT2D eigenvalue weighted by molar-refractivity contribution is 0.102. The van der Waals surface area contributed by atoms with Crippen LogP contribution in [-0.2, 0) is 0 Å². The molecule has 1 heterocycles. The van der Waals surface area contributed by atoms with Gasteiger partial charge in [-0.2, -0.15) is 0 Å². The highest BCUT2D eigenvalue weighted by atomic mass is 19.2. The van der Waals surface area contributed by atoms with Crippen LogP contribution in [0.15, 0.2) is 36.5 Å². The molecule has 0 saturated carbocycles. The minimum Gasteiger partial charge on any atom is -0.371 e.